The Bertz CT molecular complexity index is 1310. The largest absolute Gasteiger partial charge is 0.480 e. The molecule has 0 aliphatic rings. The molecule has 3 rings (SSSR count). The summed E-state index contributed by atoms with van der Waals surface area (Å²) in [7, 11) is 0. The molecule has 4 atom stereocenters. The SMILES string of the molecule is CC(C)C(NC(=O)C(Cc1cnc[nH]1)NC(=O)C(CCCCN)NC(=O)C(N)Cc1c[nH]c2ccccc12)C(=O)O. The van der Waals surface area contributed by atoms with E-state index in [0.717, 1.165) is 16.5 Å². The lowest BCUT2D eigenvalue weighted by molar-refractivity contribution is -0.143. The number of aromatic nitrogens is 3. The van der Waals surface area contributed by atoms with Gasteiger partial charge in [0.1, 0.15) is 18.1 Å². The molecule has 1 aromatic carbocycles. The maximum Gasteiger partial charge on any atom is 0.326 e. The third-order valence-corrected chi connectivity index (χ3v) is 6.87. The molecule has 0 bridgehead atoms. The number of hydrogen-bond donors (Lipinski definition) is 8. The van der Waals surface area contributed by atoms with Crippen molar-refractivity contribution in [1.82, 2.24) is 30.9 Å². The van der Waals surface area contributed by atoms with Gasteiger partial charge < -0.3 is 42.5 Å². The Morgan fingerprint density at radius 3 is 2.32 bits per heavy atom. The van der Waals surface area contributed by atoms with E-state index in [2.05, 4.69) is 30.9 Å². The molecular weight excluding hydrogens is 528 g/mol. The van der Waals surface area contributed by atoms with E-state index in [-0.39, 0.29) is 25.2 Å². The van der Waals surface area contributed by atoms with Gasteiger partial charge in [0.15, 0.2) is 0 Å². The average Bonchev–Trinajstić information content (AvgIpc) is 3.60. The number of aliphatic carboxylic acids is 1. The van der Waals surface area contributed by atoms with Crippen molar-refractivity contribution in [3.63, 3.8) is 0 Å². The average molecular weight is 569 g/mol. The smallest absolute Gasteiger partial charge is 0.326 e. The minimum atomic E-state index is -1.18. The number of carboxylic acid groups (broad SMARTS) is 1. The topological polar surface area (TPSA) is 221 Å². The monoisotopic (exact) mass is 568 g/mol. The van der Waals surface area contributed by atoms with Crippen molar-refractivity contribution < 1.29 is 24.3 Å². The van der Waals surface area contributed by atoms with Crippen LogP contribution in [0.5, 0.6) is 0 Å². The van der Waals surface area contributed by atoms with Gasteiger partial charge in [0.25, 0.3) is 0 Å². The van der Waals surface area contributed by atoms with Crippen LogP contribution in [-0.4, -0.2) is 74.5 Å². The Balaban J connectivity index is 1.73. The molecule has 10 N–H and O–H groups in total. The number of rotatable bonds is 16. The highest BCUT2D eigenvalue weighted by Gasteiger charge is 2.31. The molecular formula is C28H40N8O5. The van der Waals surface area contributed by atoms with Crippen LogP contribution < -0.4 is 27.4 Å². The highest BCUT2D eigenvalue weighted by atomic mass is 16.4. The lowest BCUT2D eigenvalue weighted by atomic mass is 10.0. The number of imidazole rings is 1. The van der Waals surface area contributed by atoms with Crippen molar-refractivity contribution in [2.45, 2.75) is 70.1 Å². The van der Waals surface area contributed by atoms with Crippen molar-refractivity contribution in [3.8, 4) is 0 Å². The van der Waals surface area contributed by atoms with Gasteiger partial charge in [-0.25, -0.2) is 9.78 Å². The van der Waals surface area contributed by atoms with Gasteiger partial charge in [-0.3, -0.25) is 14.4 Å². The van der Waals surface area contributed by atoms with Crippen molar-refractivity contribution in [3.05, 3.63) is 54.2 Å². The fourth-order valence-corrected chi connectivity index (χ4v) is 4.54. The first-order valence-corrected chi connectivity index (χ1v) is 13.7. The van der Waals surface area contributed by atoms with Crippen LogP contribution in [0.3, 0.4) is 0 Å². The lowest BCUT2D eigenvalue weighted by Gasteiger charge is -2.26. The molecule has 2 aromatic heterocycles. The fraction of sp³-hybridized carbons (Fsp3) is 0.464. The number of unbranched alkanes of at least 4 members (excludes halogenated alkanes) is 1. The first-order chi connectivity index (χ1) is 19.6. The summed E-state index contributed by atoms with van der Waals surface area (Å²) in [5.74, 6) is -3.34. The summed E-state index contributed by atoms with van der Waals surface area (Å²) >= 11 is 0. The van der Waals surface area contributed by atoms with Crippen LogP contribution >= 0.6 is 0 Å². The summed E-state index contributed by atoms with van der Waals surface area (Å²) in [6.45, 7) is 3.76. The van der Waals surface area contributed by atoms with Crippen LogP contribution in [0.1, 0.15) is 44.4 Å². The first-order valence-electron chi connectivity index (χ1n) is 13.7. The van der Waals surface area contributed by atoms with Gasteiger partial charge in [0.05, 0.1) is 12.4 Å². The number of nitrogens with two attached hydrogens (primary N) is 2. The van der Waals surface area contributed by atoms with Gasteiger partial charge in [-0.1, -0.05) is 32.0 Å². The molecule has 222 valence electrons. The molecule has 3 aromatic rings. The third kappa shape index (κ3) is 8.88. The Kier molecular flexibility index (Phi) is 11.4. The van der Waals surface area contributed by atoms with Crippen LogP contribution in [0, 0.1) is 5.92 Å². The van der Waals surface area contributed by atoms with Crippen LogP contribution in [0.25, 0.3) is 10.9 Å². The van der Waals surface area contributed by atoms with Crippen LogP contribution in [-0.2, 0) is 32.0 Å². The number of nitrogens with one attached hydrogen (secondary N) is 5. The highest BCUT2D eigenvalue weighted by Crippen LogP contribution is 2.19. The molecule has 0 radical (unpaired) electrons. The molecule has 0 fully saturated rings. The van der Waals surface area contributed by atoms with E-state index in [1.54, 1.807) is 13.8 Å². The number of H-pyrrole nitrogens is 2. The standard InChI is InChI=1S/C28H40N8O5/c1-16(2)24(28(40)41)36-27(39)23(12-18-14-31-15-33-18)35-26(38)22(9-5-6-10-29)34-25(37)20(30)11-17-13-32-21-8-4-3-7-19(17)21/h3-4,7-8,13-16,20,22-24,32H,5-6,9-12,29-30H2,1-2H3,(H,31,33)(H,34,37)(H,35,38)(H,36,39)(H,40,41). The van der Waals surface area contributed by atoms with E-state index in [1.807, 2.05) is 30.5 Å². The predicted molar refractivity (Wildman–Crippen MR) is 153 cm³/mol. The normalized spacial score (nSPS) is 14.3. The number of para-hydroxylation sites is 1. The highest BCUT2D eigenvalue weighted by molar-refractivity contribution is 5.94. The van der Waals surface area contributed by atoms with E-state index < -0.39 is 47.9 Å². The molecule has 0 aliphatic carbocycles. The molecule has 0 saturated carbocycles. The second-order valence-electron chi connectivity index (χ2n) is 10.4. The molecule has 0 aliphatic heterocycles. The zero-order valence-corrected chi connectivity index (χ0v) is 23.4. The molecule has 41 heavy (non-hydrogen) atoms. The predicted octanol–water partition coefficient (Wildman–Crippen LogP) is 0.328. The van der Waals surface area contributed by atoms with E-state index >= 15 is 0 Å². The second kappa shape index (κ2) is 15.0. The van der Waals surface area contributed by atoms with Crippen molar-refractivity contribution in [2.24, 2.45) is 17.4 Å². The van der Waals surface area contributed by atoms with Crippen LogP contribution in [0.4, 0.5) is 0 Å². The number of fused-ring (bicyclic) bond motifs is 1. The molecule has 4 unspecified atom stereocenters. The molecule has 3 amide bonds. The van der Waals surface area contributed by atoms with E-state index in [9.17, 15) is 24.3 Å². The summed E-state index contributed by atoms with van der Waals surface area (Å²) in [5.41, 5.74) is 14.2. The minimum Gasteiger partial charge on any atom is -0.480 e. The van der Waals surface area contributed by atoms with Crippen molar-refractivity contribution in [2.75, 3.05) is 6.54 Å². The van der Waals surface area contributed by atoms with E-state index in [0.29, 0.717) is 25.1 Å². The lowest BCUT2D eigenvalue weighted by Crippen LogP contribution is -2.58. The quantitative estimate of drug-likeness (QED) is 0.112. The summed E-state index contributed by atoms with van der Waals surface area (Å²) in [4.78, 5) is 61.4. The van der Waals surface area contributed by atoms with E-state index in [4.69, 9.17) is 11.5 Å². The van der Waals surface area contributed by atoms with Gasteiger partial charge >= 0.3 is 5.97 Å². The zero-order chi connectivity index (χ0) is 29.9. The number of carbonyl (C=O) groups excluding carboxylic acids is 3. The number of carboxylic acids is 1. The third-order valence-electron chi connectivity index (χ3n) is 6.87. The maximum atomic E-state index is 13.5. The van der Waals surface area contributed by atoms with Crippen LogP contribution in [0.15, 0.2) is 43.0 Å². The van der Waals surface area contributed by atoms with Crippen molar-refractivity contribution in [1.29, 1.82) is 0 Å². The Morgan fingerprint density at radius 1 is 0.951 bits per heavy atom. The number of nitrogens with zero attached hydrogens (tertiary/aromatic N) is 1. The number of carbonyl (C=O) groups is 4. The van der Waals surface area contributed by atoms with Gasteiger partial charge in [-0.2, -0.15) is 0 Å². The zero-order valence-electron chi connectivity index (χ0n) is 23.4. The molecule has 2 heterocycles. The fourth-order valence-electron chi connectivity index (χ4n) is 4.54. The number of amides is 3. The molecule has 13 nitrogen and oxygen atoms in total. The summed E-state index contributed by atoms with van der Waals surface area (Å²) in [6.07, 6.45) is 6.50. The number of hydrogen-bond acceptors (Lipinski definition) is 7. The Morgan fingerprint density at radius 2 is 1.66 bits per heavy atom. The maximum absolute atomic E-state index is 13.5. The summed E-state index contributed by atoms with van der Waals surface area (Å²) in [6, 6.07) is 3.49. The second-order valence-corrected chi connectivity index (χ2v) is 10.4. The molecule has 0 saturated heterocycles. The molecule has 13 heteroatoms. The molecule has 0 spiro atoms. The summed E-state index contributed by atoms with van der Waals surface area (Å²) < 4.78 is 0. The van der Waals surface area contributed by atoms with Crippen LogP contribution in [0.2, 0.25) is 0 Å². The van der Waals surface area contributed by atoms with Gasteiger partial charge in [-0.15, -0.1) is 0 Å². The minimum absolute atomic E-state index is 0.0333. The van der Waals surface area contributed by atoms with Gasteiger partial charge in [0, 0.05) is 35.4 Å². The van der Waals surface area contributed by atoms with Gasteiger partial charge in [-0.05, 0) is 49.8 Å². The summed E-state index contributed by atoms with van der Waals surface area (Å²) in [5, 5.41) is 18.4. The Labute approximate surface area is 238 Å². The first kappa shape index (κ1) is 31.3. The van der Waals surface area contributed by atoms with E-state index in [1.165, 1.54) is 12.5 Å². The Hall–Kier alpha value is -4.23. The number of aromatic amines is 2. The number of benzene rings is 1. The van der Waals surface area contributed by atoms with Crippen molar-refractivity contribution >= 4 is 34.6 Å². The van der Waals surface area contributed by atoms with Gasteiger partial charge in [0.2, 0.25) is 17.7 Å².